The second-order valence-electron chi connectivity index (χ2n) is 6.91. The molecular formula is C22H22Cl2N3+. The van der Waals surface area contributed by atoms with Crippen molar-refractivity contribution in [2.24, 2.45) is 5.10 Å². The zero-order valence-corrected chi connectivity index (χ0v) is 16.5. The van der Waals surface area contributed by atoms with Crippen LogP contribution in [0.25, 0.3) is 10.8 Å². The summed E-state index contributed by atoms with van der Waals surface area (Å²) in [5.41, 5.74) is 2.28. The molecule has 3 aromatic rings. The van der Waals surface area contributed by atoms with Gasteiger partial charge in [-0.05, 0) is 16.8 Å². The van der Waals surface area contributed by atoms with E-state index in [-0.39, 0.29) is 0 Å². The van der Waals surface area contributed by atoms with Crippen molar-refractivity contribution in [2.75, 3.05) is 26.2 Å². The molecule has 1 aliphatic heterocycles. The molecule has 0 spiro atoms. The van der Waals surface area contributed by atoms with Gasteiger partial charge in [0.25, 0.3) is 0 Å². The Morgan fingerprint density at radius 3 is 2.52 bits per heavy atom. The summed E-state index contributed by atoms with van der Waals surface area (Å²) in [5.74, 6) is 0. The van der Waals surface area contributed by atoms with Gasteiger partial charge >= 0.3 is 0 Å². The van der Waals surface area contributed by atoms with Crippen LogP contribution >= 0.6 is 23.2 Å². The van der Waals surface area contributed by atoms with Gasteiger partial charge in [0.1, 0.15) is 6.54 Å². The van der Waals surface area contributed by atoms with Gasteiger partial charge in [-0.2, -0.15) is 5.10 Å². The van der Waals surface area contributed by atoms with Gasteiger partial charge in [0.05, 0.1) is 42.4 Å². The summed E-state index contributed by atoms with van der Waals surface area (Å²) in [4.78, 5) is 1.60. The highest BCUT2D eigenvalue weighted by Gasteiger charge is 2.19. The molecule has 0 saturated carbocycles. The van der Waals surface area contributed by atoms with Crippen LogP contribution in [0.15, 0.2) is 65.8 Å². The van der Waals surface area contributed by atoms with E-state index >= 15 is 0 Å². The maximum absolute atomic E-state index is 6.23. The number of piperazine rings is 1. The Bertz CT molecular complexity index is 957. The van der Waals surface area contributed by atoms with Crippen LogP contribution in [0.4, 0.5) is 0 Å². The minimum absolute atomic E-state index is 0.558. The molecule has 0 radical (unpaired) electrons. The number of quaternary nitrogens is 1. The Hall–Kier alpha value is -2.07. The van der Waals surface area contributed by atoms with Crippen LogP contribution in [0.1, 0.15) is 11.1 Å². The van der Waals surface area contributed by atoms with E-state index in [1.807, 2.05) is 18.3 Å². The van der Waals surface area contributed by atoms with Crippen molar-refractivity contribution in [1.29, 1.82) is 0 Å². The number of hydrogen-bond donors (Lipinski definition) is 1. The van der Waals surface area contributed by atoms with Crippen LogP contribution < -0.4 is 4.90 Å². The average molecular weight is 399 g/mol. The van der Waals surface area contributed by atoms with E-state index in [4.69, 9.17) is 23.2 Å². The average Bonchev–Trinajstić information content (AvgIpc) is 2.70. The number of hydrazone groups is 1. The molecule has 138 valence electrons. The maximum atomic E-state index is 6.23. The van der Waals surface area contributed by atoms with Gasteiger partial charge in [-0.1, -0.05) is 77.8 Å². The smallest absolute Gasteiger partial charge is 0.104 e. The van der Waals surface area contributed by atoms with Gasteiger partial charge in [-0.25, -0.2) is 0 Å². The number of rotatable bonds is 4. The topological polar surface area (TPSA) is 20.0 Å². The first kappa shape index (κ1) is 18.3. The molecule has 0 atom stereocenters. The number of halogens is 2. The van der Waals surface area contributed by atoms with E-state index < -0.39 is 0 Å². The second-order valence-corrected chi connectivity index (χ2v) is 7.69. The lowest BCUT2D eigenvalue weighted by molar-refractivity contribution is -0.918. The number of hydrogen-bond acceptors (Lipinski definition) is 2. The molecule has 1 N–H and O–H groups in total. The van der Waals surface area contributed by atoms with Crippen molar-refractivity contribution >= 4 is 40.2 Å². The Morgan fingerprint density at radius 1 is 0.926 bits per heavy atom. The first-order valence-electron chi connectivity index (χ1n) is 9.24. The van der Waals surface area contributed by atoms with Crippen LogP contribution in [0.3, 0.4) is 0 Å². The molecule has 0 bridgehead atoms. The number of nitrogens with zero attached hydrogens (tertiary/aromatic N) is 2. The van der Waals surface area contributed by atoms with Gasteiger partial charge in [-0.3, -0.25) is 5.01 Å². The van der Waals surface area contributed by atoms with E-state index in [0.29, 0.717) is 10.0 Å². The highest BCUT2D eigenvalue weighted by Crippen LogP contribution is 2.24. The predicted molar refractivity (Wildman–Crippen MR) is 114 cm³/mol. The quantitative estimate of drug-likeness (QED) is 0.661. The van der Waals surface area contributed by atoms with Gasteiger partial charge in [0.15, 0.2) is 0 Å². The summed E-state index contributed by atoms with van der Waals surface area (Å²) in [6, 6.07) is 20.8. The molecule has 1 saturated heterocycles. The zero-order chi connectivity index (χ0) is 18.6. The molecule has 4 rings (SSSR count). The molecule has 27 heavy (non-hydrogen) atoms. The standard InChI is InChI=1S/C22H21Cl2N3/c23-21-10-4-7-18(22(21)24)15-25-27-13-11-26(12-14-27)16-19-8-3-6-17-5-1-2-9-20(17)19/h1-10,15H,11-14,16H2/p+1/b25-15-. The van der Waals surface area contributed by atoms with Gasteiger partial charge < -0.3 is 4.90 Å². The Morgan fingerprint density at radius 2 is 1.67 bits per heavy atom. The summed E-state index contributed by atoms with van der Waals surface area (Å²) >= 11 is 12.3. The van der Waals surface area contributed by atoms with Crippen LogP contribution in [-0.4, -0.2) is 37.4 Å². The third-order valence-corrected chi connectivity index (χ3v) is 5.94. The molecule has 3 aromatic carbocycles. The van der Waals surface area contributed by atoms with E-state index in [1.54, 1.807) is 11.0 Å². The van der Waals surface area contributed by atoms with Crippen LogP contribution in [0.5, 0.6) is 0 Å². The van der Waals surface area contributed by atoms with E-state index in [0.717, 1.165) is 38.3 Å². The van der Waals surface area contributed by atoms with Crippen molar-refractivity contribution in [3.8, 4) is 0 Å². The van der Waals surface area contributed by atoms with Crippen molar-refractivity contribution < 1.29 is 4.90 Å². The molecule has 1 heterocycles. The highest BCUT2D eigenvalue weighted by molar-refractivity contribution is 6.43. The Balaban J connectivity index is 1.37. The lowest BCUT2D eigenvalue weighted by Gasteiger charge is -2.30. The van der Waals surface area contributed by atoms with Crippen molar-refractivity contribution in [3.63, 3.8) is 0 Å². The van der Waals surface area contributed by atoms with E-state index in [9.17, 15) is 0 Å². The molecule has 1 fully saturated rings. The maximum Gasteiger partial charge on any atom is 0.104 e. The molecular weight excluding hydrogens is 377 g/mol. The van der Waals surface area contributed by atoms with Crippen molar-refractivity contribution in [3.05, 3.63) is 81.8 Å². The first-order valence-corrected chi connectivity index (χ1v) is 9.99. The van der Waals surface area contributed by atoms with Gasteiger partial charge in [0, 0.05) is 11.1 Å². The normalized spacial score (nSPS) is 15.7. The second kappa shape index (κ2) is 8.30. The van der Waals surface area contributed by atoms with Gasteiger partial charge in [-0.15, -0.1) is 0 Å². The van der Waals surface area contributed by atoms with Crippen LogP contribution in [0.2, 0.25) is 10.0 Å². The fourth-order valence-corrected chi connectivity index (χ4v) is 3.94. The minimum Gasteiger partial charge on any atom is -0.328 e. The lowest BCUT2D eigenvalue weighted by Crippen LogP contribution is -3.13. The monoisotopic (exact) mass is 398 g/mol. The van der Waals surface area contributed by atoms with E-state index in [1.165, 1.54) is 16.3 Å². The molecule has 5 heteroatoms. The molecule has 3 nitrogen and oxygen atoms in total. The fourth-order valence-electron chi connectivity index (χ4n) is 3.58. The minimum atomic E-state index is 0.558. The molecule has 0 unspecified atom stereocenters. The fraction of sp³-hybridized carbons (Fsp3) is 0.227. The summed E-state index contributed by atoms with van der Waals surface area (Å²) in [6.07, 6.45) is 1.81. The third kappa shape index (κ3) is 4.27. The van der Waals surface area contributed by atoms with Crippen molar-refractivity contribution in [1.82, 2.24) is 5.01 Å². The Labute approximate surface area is 169 Å². The van der Waals surface area contributed by atoms with Gasteiger partial charge in [0.2, 0.25) is 0 Å². The Kier molecular flexibility index (Phi) is 5.63. The third-order valence-electron chi connectivity index (χ3n) is 5.11. The molecule has 0 amide bonds. The lowest BCUT2D eigenvalue weighted by atomic mass is 10.0. The summed E-state index contributed by atoms with van der Waals surface area (Å²) in [6.45, 7) is 5.08. The SMILES string of the molecule is Clc1cccc(/C=N\N2CC[NH+](Cc3cccc4ccccc34)CC2)c1Cl. The summed E-state index contributed by atoms with van der Waals surface area (Å²) in [5, 5.41) is 10.5. The van der Waals surface area contributed by atoms with Crippen molar-refractivity contribution in [2.45, 2.75) is 6.54 Å². The molecule has 0 aromatic heterocycles. The number of benzene rings is 3. The van der Waals surface area contributed by atoms with Crippen LogP contribution in [0, 0.1) is 0 Å². The first-order chi connectivity index (χ1) is 13.2. The summed E-state index contributed by atoms with van der Waals surface area (Å²) in [7, 11) is 0. The van der Waals surface area contributed by atoms with Crippen LogP contribution in [-0.2, 0) is 6.54 Å². The number of nitrogens with one attached hydrogen (secondary N) is 1. The predicted octanol–water partition coefficient (Wildman–Crippen LogP) is 3.88. The van der Waals surface area contributed by atoms with E-state index in [2.05, 4.69) is 52.6 Å². The molecule has 0 aliphatic carbocycles. The molecule has 1 aliphatic rings. The number of fused-ring (bicyclic) bond motifs is 1. The largest absolute Gasteiger partial charge is 0.328 e. The highest BCUT2D eigenvalue weighted by atomic mass is 35.5. The summed E-state index contributed by atoms with van der Waals surface area (Å²) < 4.78 is 0. The zero-order valence-electron chi connectivity index (χ0n) is 15.0.